The second-order valence-electron chi connectivity index (χ2n) is 10.9. The van der Waals surface area contributed by atoms with Gasteiger partial charge in [0.05, 0.1) is 44.5 Å². The van der Waals surface area contributed by atoms with E-state index in [1.165, 1.54) is 0 Å². The van der Waals surface area contributed by atoms with Crippen LogP contribution in [0.3, 0.4) is 0 Å². The number of carbonyl (C=O) groups excluding carboxylic acids is 3. The van der Waals surface area contributed by atoms with E-state index < -0.39 is 0 Å². The quantitative estimate of drug-likeness (QED) is 0.435. The molecule has 2 N–H and O–H groups in total. The van der Waals surface area contributed by atoms with Gasteiger partial charge in [0.15, 0.2) is 0 Å². The number of nitrogens with one attached hydrogen (secondary N) is 2. The number of likely N-dealkylation sites (N-methyl/N-ethyl adjacent to an activating group) is 1. The molecule has 0 saturated carbocycles. The Hall–Kier alpha value is -3.67. The summed E-state index contributed by atoms with van der Waals surface area (Å²) in [6.45, 7) is 5.26. The molecule has 3 heterocycles. The highest BCUT2D eigenvalue weighted by atomic mass is 16.5. The molecule has 3 aliphatic heterocycles. The Labute approximate surface area is 246 Å². The Morgan fingerprint density at radius 1 is 1.10 bits per heavy atom. The van der Waals surface area contributed by atoms with Crippen LogP contribution in [0.15, 0.2) is 42.5 Å². The highest BCUT2D eigenvalue weighted by Crippen LogP contribution is 2.32. The summed E-state index contributed by atoms with van der Waals surface area (Å²) in [6, 6.07) is 11.7. The number of anilines is 1. The van der Waals surface area contributed by atoms with E-state index in [0.29, 0.717) is 47.7 Å². The first kappa shape index (κ1) is 29.8. The first-order chi connectivity index (χ1) is 20.4. The fourth-order valence-electron chi connectivity index (χ4n) is 5.71. The lowest BCUT2D eigenvalue weighted by molar-refractivity contribution is -0.134. The predicted molar refractivity (Wildman–Crippen MR) is 156 cm³/mol. The minimum absolute atomic E-state index is 0.0227. The highest BCUT2D eigenvalue weighted by molar-refractivity contribution is 6.05. The van der Waals surface area contributed by atoms with Crippen LogP contribution in [0.1, 0.15) is 46.4 Å². The van der Waals surface area contributed by atoms with E-state index in [1.54, 1.807) is 61.5 Å². The first-order valence-corrected chi connectivity index (χ1v) is 14.6. The summed E-state index contributed by atoms with van der Waals surface area (Å²) in [5.74, 6) is 0.461. The molecule has 0 radical (unpaired) electrons. The average molecular weight is 581 g/mol. The maximum absolute atomic E-state index is 13.5. The monoisotopic (exact) mass is 580 g/mol. The van der Waals surface area contributed by atoms with E-state index in [1.807, 2.05) is 0 Å². The van der Waals surface area contributed by atoms with Gasteiger partial charge in [0.25, 0.3) is 11.8 Å². The van der Waals surface area contributed by atoms with E-state index in [2.05, 4.69) is 15.5 Å². The van der Waals surface area contributed by atoms with E-state index >= 15 is 0 Å². The van der Waals surface area contributed by atoms with Crippen LogP contribution < -0.4 is 20.1 Å². The highest BCUT2D eigenvalue weighted by Gasteiger charge is 2.39. The van der Waals surface area contributed by atoms with Gasteiger partial charge in [-0.1, -0.05) is 6.07 Å². The van der Waals surface area contributed by atoms with Gasteiger partial charge in [0, 0.05) is 37.9 Å². The van der Waals surface area contributed by atoms with Gasteiger partial charge >= 0.3 is 0 Å². The number of hydrogen-bond acceptors (Lipinski definition) is 8. The van der Waals surface area contributed by atoms with Gasteiger partial charge in [-0.15, -0.1) is 0 Å². The van der Waals surface area contributed by atoms with Gasteiger partial charge in [-0.05, 0) is 62.2 Å². The van der Waals surface area contributed by atoms with E-state index in [-0.39, 0.29) is 49.0 Å². The standard InChI is InChI=1S/C31H40N4O7/c1-34-26-9-8-24(19-29(36)32-11-4-12-35-13-15-40-16-14-35)42-28(26)20-41-27-10-7-22(18-25(27)31(34)38)33-30(37)21-5-3-6-23(17-21)39-2/h3,5-7,10,17-18,24,26,28H,4,8-9,11-16,19-20H2,1-2H3,(H,32,36)(H,33,37)/t24-,26-,28+/m0/s1. The molecule has 5 rings (SSSR count). The van der Waals surface area contributed by atoms with Crippen LogP contribution >= 0.6 is 0 Å². The van der Waals surface area contributed by atoms with Crippen molar-refractivity contribution in [2.24, 2.45) is 0 Å². The number of methoxy groups -OCH3 is 1. The predicted octanol–water partition coefficient (Wildman–Crippen LogP) is 2.56. The molecule has 2 fully saturated rings. The van der Waals surface area contributed by atoms with Crippen molar-refractivity contribution in [2.75, 3.05) is 65.5 Å². The molecule has 0 aliphatic carbocycles. The van der Waals surface area contributed by atoms with Gasteiger partial charge in [-0.2, -0.15) is 0 Å². The SMILES string of the molecule is COc1cccc(C(=O)Nc2ccc3c(c2)C(=O)N(C)[C@H]2CC[C@@H](CC(=O)NCCCN4CCOCC4)O[C@@H]2CO3)c1. The van der Waals surface area contributed by atoms with Crippen LogP contribution in [0.2, 0.25) is 0 Å². The van der Waals surface area contributed by atoms with Crippen LogP contribution in [0.25, 0.3) is 0 Å². The summed E-state index contributed by atoms with van der Waals surface area (Å²) in [7, 11) is 3.31. The summed E-state index contributed by atoms with van der Waals surface area (Å²) < 4.78 is 23.0. The fraction of sp³-hybridized carbons (Fsp3) is 0.516. The number of hydrogen-bond donors (Lipinski definition) is 2. The van der Waals surface area contributed by atoms with Crippen LogP contribution in [-0.4, -0.2) is 106 Å². The normalized spacial score (nSPS) is 22.6. The number of rotatable bonds is 9. The van der Waals surface area contributed by atoms with Crippen molar-refractivity contribution >= 4 is 23.4 Å². The molecular formula is C31H40N4O7. The van der Waals surface area contributed by atoms with Gasteiger partial charge in [-0.3, -0.25) is 19.3 Å². The molecule has 0 spiro atoms. The lowest BCUT2D eigenvalue weighted by Gasteiger charge is -2.42. The number of carbonyl (C=O) groups is 3. The molecule has 42 heavy (non-hydrogen) atoms. The minimum atomic E-state index is -0.354. The molecule has 0 unspecified atom stereocenters. The van der Waals surface area contributed by atoms with Crippen molar-refractivity contribution < 1.29 is 33.3 Å². The summed E-state index contributed by atoms with van der Waals surface area (Å²) in [6.07, 6.45) is 1.97. The summed E-state index contributed by atoms with van der Waals surface area (Å²) in [5.41, 5.74) is 1.30. The van der Waals surface area contributed by atoms with Crippen LogP contribution in [0.4, 0.5) is 5.69 Å². The first-order valence-electron chi connectivity index (χ1n) is 14.6. The number of benzene rings is 2. The van der Waals surface area contributed by atoms with E-state index in [9.17, 15) is 14.4 Å². The molecule has 3 atom stereocenters. The van der Waals surface area contributed by atoms with Crippen LogP contribution in [0.5, 0.6) is 11.5 Å². The van der Waals surface area contributed by atoms with Gasteiger partial charge in [-0.25, -0.2) is 0 Å². The zero-order valence-electron chi connectivity index (χ0n) is 24.3. The van der Waals surface area contributed by atoms with Crippen molar-refractivity contribution in [2.45, 2.75) is 43.9 Å². The number of ether oxygens (including phenoxy) is 4. The third-order valence-electron chi connectivity index (χ3n) is 8.09. The smallest absolute Gasteiger partial charge is 0.257 e. The van der Waals surface area contributed by atoms with Crippen molar-refractivity contribution in [3.05, 3.63) is 53.6 Å². The second-order valence-corrected chi connectivity index (χ2v) is 10.9. The van der Waals surface area contributed by atoms with Gasteiger partial charge in [0.2, 0.25) is 5.91 Å². The van der Waals surface area contributed by atoms with Crippen molar-refractivity contribution in [1.82, 2.24) is 15.1 Å². The van der Waals surface area contributed by atoms with E-state index in [4.69, 9.17) is 18.9 Å². The third kappa shape index (κ3) is 7.39. The maximum atomic E-state index is 13.5. The summed E-state index contributed by atoms with van der Waals surface area (Å²) in [4.78, 5) is 43.0. The summed E-state index contributed by atoms with van der Waals surface area (Å²) in [5, 5.41) is 5.87. The Balaban J connectivity index is 1.15. The number of nitrogens with zero attached hydrogens (tertiary/aromatic N) is 2. The third-order valence-corrected chi connectivity index (χ3v) is 8.09. The second kappa shape index (κ2) is 14.0. The van der Waals surface area contributed by atoms with E-state index in [0.717, 1.165) is 39.3 Å². The molecule has 11 nitrogen and oxygen atoms in total. The van der Waals surface area contributed by atoms with Crippen molar-refractivity contribution in [3.63, 3.8) is 0 Å². The number of morpholine rings is 1. The van der Waals surface area contributed by atoms with Crippen molar-refractivity contribution in [3.8, 4) is 11.5 Å². The molecule has 2 aromatic rings. The van der Waals surface area contributed by atoms with Crippen molar-refractivity contribution in [1.29, 1.82) is 0 Å². The van der Waals surface area contributed by atoms with Gasteiger partial charge < -0.3 is 34.5 Å². The molecule has 2 saturated heterocycles. The molecule has 2 aromatic carbocycles. The Bertz CT molecular complexity index is 1270. The zero-order valence-corrected chi connectivity index (χ0v) is 24.3. The van der Waals surface area contributed by atoms with Crippen LogP contribution in [0, 0.1) is 0 Å². The summed E-state index contributed by atoms with van der Waals surface area (Å²) >= 11 is 0. The topological polar surface area (TPSA) is 119 Å². The Kier molecular flexibility index (Phi) is 9.93. The molecule has 3 aliphatic rings. The number of fused-ring (bicyclic) bond motifs is 2. The Morgan fingerprint density at radius 2 is 1.93 bits per heavy atom. The Morgan fingerprint density at radius 3 is 2.74 bits per heavy atom. The molecule has 11 heteroatoms. The molecule has 3 amide bonds. The zero-order chi connectivity index (χ0) is 29.5. The van der Waals surface area contributed by atoms with Gasteiger partial charge in [0.1, 0.15) is 24.2 Å². The number of amides is 3. The molecule has 0 aromatic heterocycles. The minimum Gasteiger partial charge on any atom is -0.497 e. The average Bonchev–Trinajstić information content (AvgIpc) is 3.02. The fourth-order valence-corrected chi connectivity index (χ4v) is 5.71. The maximum Gasteiger partial charge on any atom is 0.257 e. The largest absolute Gasteiger partial charge is 0.497 e. The molecular weight excluding hydrogens is 540 g/mol. The molecule has 226 valence electrons. The van der Waals surface area contributed by atoms with Crippen LogP contribution in [-0.2, 0) is 14.3 Å². The molecule has 0 bridgehead atoms. The lowest BCUT2D eigenvalue weighted by atomic mass is 9.94. The lowest BCUT2D eigenvalue weighted by Crippen LogP contribution is -2.54.